The van der Waals surface area contributed by atoms with Crippen molar-refractivity contribution < 1.29 is 9.90 Å². The molecule has 0 radical (unpaired) electrons. The van der Waals surface area contributed by atoms with E-state index in [1.165, 1.54) is 24.8 Å². The van der Waals surface area contributed by atoms with Gasteiger partial charge in [-0.05, 0) is 43.7 Å². The third kappa shape index (κ3) is 3.33. The number of fused-ring (bicyclic) bond motifs is 2. The minimum atomic E-state index is 0.0782. The zero-order chi connectivity index (χ0) is 15.5. The predicted octanol–water partition coefficient (Wildman–Crippen LogP) is 1.64. The van der Waals surface area contributed by atoms with Crippen LogP contribution in [0.5, 0.6) is 0 Å². The van der Waals surface area contributed by atoms with Crippen LogP contribution in [0.25, 0.3) is 0 Å². The number of benzene rings is 1. The van der Waals surface area contributed by atoms with Crippen molar-refractivity contribution in [3.8, 4) is 0 Å². The Bertz CT molecular complexity index is 505. The molecule has 0 aromatic heterocycles. The van der Waals surface area contributed by atoms with Crippen molar-refractivity contribution in [3.05, 3.63) is 35.9 Å². The van der Waals surface area contributed by atoms with Crippen LogP contribution >= 0.6 is 0 Å². The molecule has 1 aromatic rings. The summed E-state index contributed by atoms with van der Waals surface area (Å²) in [4.78, 5) is 14.3. The zero-order valence-electron chi connectivity index (χ0n) is 13.2. The van der Waals surface area contributed by atoms with E-state index < -0.39 is 0 Å². The Morgan fingerprint density at radius 1 is 1.27 bits per heavy atom. The number of carbonyl (C=O) groups is 1. The minimum Gasteiger partial charge on any atom is -0.396 e. The van der Waals surface area contributed by atoms with E-state index in [2.05, 4.69) is 17.4 Å². The summed E-state index contributed by atoms with van der Waals surface area (Å²) in [6.45, 7) is 1.38. The monoisotopic (exact) mass is 302 g/mol. The van der Waals surface area contributed by atoms with Gasteiger partial charge in [0.05, 0.1) is 6.54 Å². The molecule has 120 valence electrons. The number of rotatable bonds is 6. The molecular formula is C18H26N2O2. The number of hydrogen-bond acceptors (Lipinski definition) is 3. The molecule has 2 aliphatic rings. The summed E-state index contributed by atoms with van der Waals surface area (Å²) < 4.78 is 0. The van der Waals surface area contributed by atoms with Crippen LogP contribution < -0.4 is 5.32 Å². The predicted molar refractivity (Wildman–Crippen MR) is 86.1 cm³/mol. The molecule has 3 rings (SSSR count). The fraction of sp³-hybridized carbons (Fsp3) is 0.611. The Kier molecular flexibility index (Phi) is 4.79. The summed E-state index contributed by atoms with van der Waals surface area (Å²) in [6.07, 6.45) is 3.60. The van der Waals surface area contributed by atoms with Crippen LogP contribution in [0.3, 0.4) is 0 Å². The molecule has 1 aromatic carbocycles. The van der Waals surface area contributed by atoms with Gasteiger partial charge in [-0.1, -0.05) is 30.3 Å². The van der Waals surface area contributed by atoms with Crippen molar-refractivity contribution in [1.29, 1.82) is 0 Å². The molecule has 2 fully saturated rings. The van der Waals surface area contributed by atoms with E-state index in [-0.39, 0.29) is 24.5 Å². The number of hydrogen-bond donors (Lipinski definition) is 2. The Morgan fingerprint density at radius 2 is 2.00 bits per heavy atom. The van der Waals surface area contributed by atoms with Crippen LogP contribution in [0.4, 0.5) is 0 Å². The van der Waals surface area contributed by atoms with Gasteiger partial charge in [0.15, 0.2) is 0 Å². The van der Waals surface area contributed by atoms with Crippen molar-refractivity contribution in [2.24, 2.45) is 17.8 Å². The average molecular weight is 302 g/mol. The molecule has 4 unspecified atom stereocenters. The highest BCUT2D eigenvalue weighted by atomic mass is 16.3. The van der Waals surface area contributed by atoms with Crippen molar-refractivity contribution in [2.75, 3.05) is 20.2 Å². The molecule has 2 saturated carbocycles. The SMILES string of the molecule is CN(CC(=O)NC1C2CCC(C2)C1CO)Cc1ccccc1. The highest BCUT2D eigenvalue weighted by molar-refractivity contribution is 5.78. The van der Waals surface area contributed by atoms with Gasteiger partial charge in [0.2, 0.25) is 5.91 Å². The van der Waals surface area contributed by atoms with Gasteiger partial charge in [0, 0.05) is 25.1 Å². The van der Waals surface area contributed by atoms with Gasteiger partial charge in [-0.25, -0.2) is 0 Å². The summed E-state index contributed by atoms with van der Waals surface area (Å²) in [5.41, 5.74) is 1.21. The maximum atomic E-state index is 12.3. The minimum absolute atomic E-state index is 0.0782. The van der Waals surface area contributed by atoms with Gasteiger partial charge >= 0.3 is 0 Å². The molecule has 4 nitrogen and oxygen atoms in total. The van der Waals surface area contributed by atoms with Crippen molar-refractivity contribution in [2.45, 2.75) is 31.8 Å². The van der Waals surface area contributed by atoms with Crippen LogP contribution in [0.1, 0.15) is 24.8 Å². The third-order valence-electron chi connectivity index (χ3n) is 5.34. The van der Waals surface area contributed by atoms with Gasteiger partial charge in [-0.3, -0.25) is 9.69 Å². The smallest absolute Gasteiger partial charge is 0.234 e. The Labute approximate surface area is 132 Å². The van der Waals surface area contributed by atoms with Crippen LogP contribution in [0, 0.1) is 17.8 Å². The normalized spacial score (nSPS) is 30.0. The second-order valence-corrected chi connectivity index (χ2v) is 6.93. The second kappa shape index (κ2) is 6.80. The first-order valence-electron chi connectivity index (χ1n) is 8.30. The van der Waals surface area contributed by atoms with E-state index in [0.29, 0.717) is 18.4 Å². The number of amides is 1. The maximum absolute atomic E-state index is 12.3. The van der Waals surface area contributed by atoms with Crippen LogP contribution in [-0.2, 0) is 11.3 Å². The number of aliphatic hydroxyl groups is 1. The van der Waals surface area contributed by atoms with Crippen LogP contribution in [0.15, 0.2) is 30.3 Å². The molecule has 0 aliphatic heterocycles. The molecule has 2 bridgehead atoms. The molecule has 0 saturated heterocycles. The topological polar surface area (TPSA) is 52.6 Å². The van der Waals surface area contributed by atoms with Gasteiger partial charge < -0.3 is 10.4 Å². The summed E-state index contributed by atoms with van der Waals surface area (Å²) in [5.74, 6) is 1.53. The number of nitrogens with one attached hydrogen (secondary N) is 1. The highest BCUT2D eigenvalue weighted by Crippen LogP contribution is 2.48. The lowest BCUT2D eigenvalue weighted by Gasteiger charge is -2.31. The lowest BCUT2D eigenvalue weighted by atomic mass is 9.85. The van der Waals surface area contributed by atoms with E-state index in [9.17, 15) is 9.90 Å². The highest BCUT2D eigenvalue weighted by Gasteiger charge is 2.47. The molecule has 4 atom stereocenters. The standard InChI is InChI=1S/C18H26N2O2/c1-20(10-13-5-3-2-4-6-13)11-17(22)19-18-15-8-7-14(9-15)16(18)12-21/h2-6,14-16,18,21H,7-12H2,1H3,(H,19,22). The number of likely N-dealkylation sites (N-methyl/N-ethyl adjacent to an activating group) is 1. The lowest BCUT2D eigenvalue weighted by Crippen LogP contribution is -2.48. The van der Waals surface area contributed by atoms with E-state index in [1.807, 2.05) is 30.1 Å². The van der Waals surface area contributed by atoms with E-state index in [0.717, 1.165) is 6.54 Å². The Hall–Kier alpha value is -1.39. The number of carbonyl (C=O) groups excluding carboxylic acids is 1. The van der Waals surface area contributed by atoms with E-state index >= 15 is 0 Å². The third-order valence-corrected chi connectivity index (χ3v) is 5.34. The van der Waals surface area contributed by atoms with Crippen LogP contribution in [0.2, 0.25) is 0 Å². The molecule has 4 heteroatoms. The van der Waals surface area contributed by atoms with E-state index in [1.54, 1.807) is 0 Å². The van der Waals surface area contributed by atoms with Gasteiger partial charge in [-0.15, -0.1) is 0 Å². The fourth-order valence-corrected chi connectivity index (χ4v) is 4.33. The first-order valence-corrected chi connectivity index (χ1v) is 8.30. The number of nitrogens with zero attached hydrogens (tertiary/aromatic N) is 1. The summed E-state index contributed by atoms with van der Waals surface area (Å²) in [7, 11) is 1.97. The van der Waals surface area contributed by atoms with Gasteiger partial charge in [0.25, 0.3) is 0 Å². The Morgan fingerprint density at radius 3 is 2.73 bits per heavy atom. The largest absolute Gasteiger partial charge is 0.396 e. The zero-order valence-corrected chi connectivity index (χ0v) is 13.2. The molecule has 0 spiro atoms. The molecular weight excluding hydrogens is 276 g/mol. The van der Waals surface area contributed by atoms with Crippen LogP contribution in [-0.4, -0.2) is 42.2 Å². The molecule has 0 heterocycles. The molecule has 2 aliphatic carbocycles. The summed E-state index contributed by atoms with van der Waals surface area (Å²) >= 11 is 0. The first-order chi connectivity index (χ1) is 10.7. The van der Waals surface area contributed by atoms with Gasteiger partial charge in [0.1, 0.15) is 0 Å². The lowest BCUT2D eigenvalue weighted by molar-refractivity contribution is -0.123. The average Bonchev–Trinajstić information content (AvgIpc) is 3.09. The van der Waals surface area contributed by atoms with Crippen molar-refractivity contribution >= 4 is 5.91 Å². The molecule has 2 N–H and O–H groups in total. The van der Waals surface area contributed by atoms with Crippen molar-refractivity contribution in [1.82, 2.24) is 10.2 Å². The summed E-state index contributed by atoms with van der Waals surface area (Å²) in [6, 6.07) is 10.4. The molecule has 1 amide bonds. The van der Waals surface area contributed by atoms with E-state index in [4.69, 9.17) is 0 Å². The van der Waals surface area contributed by atoms with Gasteiger partial charge in [-0.2, -0.15) is 0 Å². The Balaban J connectivity index is 1.50. The number of aliphatic hydroxyl groups excluding tert-OH is 1. The quantitative estimate of drug-likeness (QED) is 0.840. The maximum Gasteiger partial charge on any atom is 0.234 e. The second-order valence-electron chi connectivity index (χ2n) is 6.93. The van der Waals surface area contributed by atoms with Crippen molar-refractivity contribution in [3.63, 3.8) is 0 Å². The summed E-state index contributed by atoms with van der Waals surface area (Å²) in [5, 5.41) is 12.8. The molecule has 22 heavy (non-hydrogen) atoms. The first kappa shape index (κ1) is 15.5. The fourth-order valence-electron chi connectivity index (χ4n) is 4.33.